The maximum atomic E-state index is 12.6. The number of rotatable bonds is 6. The number of carbonyl (C=O) groups is 2. The van der Waals surface area contributed by atoms with Crippen molar-refractivity contribution >= 4 is 38.4 Å². The SMILES string of the molecule is Cc1cc2ccccc2n1CC(=O)OCC(=O)c1ccc2c(c1)CCCN2S(C)(=O)=O. The molecule has 2 heterocycles. The number of hydrogen-bond acceptors (Lipinski definition) is 5. The molecule has 1 aliphatic heterocycles. The third-order valence-corrected chi connectivity index (χ3v) is 6.73. The van der Waals surface area contributed by atoms with Crippen molar-refractivity contribution in [2.24, 2.45) is 0 Å². The summed E-state index contributed by atoms with van der Waals surface area (Å²) in [5.74, 6) is -0.805. The summed E-state index contributed by atoms with van der Waals surface area (Å²) in [6.45, 7) is 2.03. The van der Waals surface area contributed by atoms with Crippen LogP contribution in [0.5, 0.6) is 0 Å². The van der Waals surface area contributed by atoms with E-state index in [9.17, 15) is 18.0 Å². The molecule has 0 aliphatic carbocycles. The van der Waals surface area contributed by atoms with Gasteiger partial charge in [-0.15, -0.1) is 0 Å². The Morgan fingerprint density at radius 3 is 2.65 bits per heavy atom. The van der Waals surface area contributed by atoms with Crippen LogP contribution in [0.2, 0.25) is 0 Å². The summed E-state index contributed by atoms with van der Waals surface area (Å²) in [6, 6.07) is 14.7. The molecule has 2 aromatic carbocycles. The molecule has 8 heteroatoms. The van der Waals surface area contributed by atoms with Gasteiger partial charge in [0.15, 0.2) is 12.4 Å². The van der Waals surface area contributed by atoms with Gasteiger partial charge >= 0.3 is 5.97 Å². The predicted molar refractivity (Wildman–Crippen MR) is 119 cm³/mol. The van der Waals surface area contributed by atoms with Gasteiger partial charge in [0, 0.05) is 23.3 Å². The van der Waals surface area contributed by atoms with E-state index >= 15 is 0 Å². The lowest BCUT2D eigenvalue weighted by atomic mass is 9.99. The highest BCUT2D eigenvalue weighted by Gasteiger charge is 2.25. The Hall–Kier alpha value is -3.13. The lowest BCUT2D eigenvalue weighted by molar-refractivity contribution is -0.143. The van der Waals surface area contributed by atoms with Crippen LogP contribution in [-0.4, -0.2) is 44.1 Å². The number of ketones is 1. The minimum Gasteiger partial charge on any atom is -0.456 e. The Kier molecular flexibility index (Phi) is 5.58. The van der Waals surface area contributed by atoms with E-state index in [0.29, 0.717) is 30.6 Å². The molecule has 0 spiro atoms. The summed E-state index contributed by atoms with van der Waals surface area (Å²) in [5, 5.41) is 1.04. The largest absolute Gasteiger partial charge is 0.456 e. The van der Waals surface area contributed by atoms with Crippen molar-refractivity contribution in [3.63, 3.8) is 0 Å². The molecule has 3 aromatic rings. The number of carbonyl (C=O) groups excluding carboxylic acids is 2. The smallest absolute Gasteiger partial charge is 0.326 e. The summed E-state index contributed by atoms with van der Waals surface area (Å²) >= 11 is 0. The van der Waals surface area contributed by atoms with Crippen molar-refractivity contribution < 1.29 is 22.7 Å². The fourth-order valence-corrected chi connectivity index (χ4v) is 5.04. The van der Waals surface area contributed by atoms with Crippen LogP contribution in [-0.2, 0) is 32.5 Å². The van der Waals surface area contributed by atoms with E-state index in [1.165, 1.54) is 10.6 Å². The Balaban J connectivity index is 1.43. The number of hydrogen-bond donors (Lipinski definition) is 0. The monoisotopic (exact) mass is 440 g/mol. The van der Waals surface area contributed by atoms with Crippen LogP contribution in [0.4, 0.5) is 5.69 Å². The van der Waals surface area contributed by atoms with E-state index in [1.807, 2.05) is 41.8 Å². The third kappa shape index (κ3) is 4.34. The maximum absolute atomic E-state index is 12.6. The molecule has 0 saturated carbocycles. The fourth-order valence-electron chi connectivity index (χ4n) is 4.04. The zero-order valence-electron chi connectivity index (χ0n) is 17.5. The van der Waals surface area contributed by atoms with Crippen LogP contribution >= 0.6 is 0 Å². The Morgan fingerprint density at radius 2 is 1.87 bits per heavy atom. The van der Waals surface area contributed by atoms with E-state index in [0.717, 1.165) is 22.2 Å². The van der Waals surface area contributed by atoms with Crippen LogP contribution in [0.15, 0.2) is 48.5 Å². The Bertz CT molecular complexity index is 1280. The highest BCUT2D eigenvalue weighted by Crippen LogP contribution is 2.30. The number of sulfonamides is 1. The van der Waals surface area contributed by atoms with Gasteiger partial charge in [-0.2, -0.15) is 0 Å². The number of ether oxygens (including phenoxy) is 1. The molecule has 31 heavy (non-hydrogen) atoms. The second-order valence-electron chi connectivity index (χ2n) is 7.80. The number of aromatic nitrogens is 1. The van der Waals surface area contributed by atoms with Gasteiger partial charge in [0.1, 0.15) is 6.54 Å². The number of esters is 1. The minimum absolute atomic E-state index is 0.0279. The summed E-state index contributed by atoms with van der Waals surface area (Å²) in [5.41, 5.74) is 3.70. The molecule has 0 radical (unpaired) electrons. The van der Waals surface area contributed by atoms with Gasteiger partial charge in [0.05, 0.1) is 11.9 Å². The number of para-hydroxylation sites is 1. The summed E-state index contributed by atoms with van der Waals surface area (Å²) < 4.78 is 32.4. The molecule has 0 saturated heterocycles. The van der Waals surface area contributed by atoms with E-state index in [1.54, 1.807) is 18.2 Å². The molecule has 1 aliphatic rings. The molecular weight excluding hydrogens is 416 g/mol. The van der Waals surface area contributed by atoms with E-state index in [4.69, 9.17) is 4.74 Å². The van der Waals surface area contributed by atoms with E-state index in [2.05, 4.69) is 0 Å². The molecule has 0 atom stereocenters. The molecule has 7 nitrogen and oxygen atoms in total. The fraction of sp³-hybridized carbons (Fsp3) is 0.304. The standard InChI is InChI=1S/C23H24N2O5S/c1-16-12-17-6-3-4-8-20(17)24(16)14-23(27)30-15-22(26)19-9-10-21-18(13-19)7-5-11-25(21)31(2,28)29/h3-4,6,8-10,12-13H,5,7,11,14-15H2,1-2H3. The molecule has 0 amide bonds. The number of benzene rings is 2. The van der Waals surface area contributed by atoms with Crippen molar-refractivity contribution in [2.75, 3.05) is 23.7 Å². The minimum atomic E-state index is -3.36. The van der Waals surface area contributed by atoms with Crippen molar-refractivity contribution in [3.8, 4) is 0 Å². The van der Waals surface area contributed by atoms with Gasteiger partial charge < -0.3 is 9.30 Å². The number of aryl methyl sites for hydroxylation is 2. The highest BCUT2D eigenvalue weighted by atomic mass is 32.2. The first kappa shape index (κ1) is 21.1. The van der Waals surface area contributed by atoms with Crippen LogP contribution < -0.4 is 4.31 Å². The quantitative estimate of drug-likeness (QED) is 0.434. The second-order valence-corrected chi connectivity index (χ2v) is 9.70. The van der Waals surface area contributed by atoms with Gasteiger partial charge in [-0.25, -0.2) is 8.42 Å². The average Bonchev–Trinajstić information content (AvgIpc) is 3.05. The molecule has 0 unspecified atom stereocenters. The first-order chi connectivity index (χ1) is 14.7. The number of nitrogens with zero attached hydrogens (tertiary/aromatic N) is 2. The van der Waals surface area contributed by atoms with E-state index in [-0.39, 0.29) is 18.9 Å². The van der Waals surface area contributed by atoms with Crippen molar-refractivity contribution in [2.45, 2.75) is 26.3 Å². The number of anilines is 1. The van der Waals surface area contributed by atoms with Gasteiger partial charge in [-0.1, -0.05) is 18.2 Å². The lowest BCUT2D eigenvalue weighted by Gasteiger charge is -2.29. The van der Waals surface area contributed by atoms with Gasteiger partial charge in [0.2, 0.25) is 10.0 Å². The molecule has 0 bridgehead atoms. The first-order valence-electron chi connectivity index (χ1n) is 10.1. The Morgan fingerprint density at radius 1 is 1.10 bits per heavy atom. The average molecular weight is 441 g/mol. The molecule has 162 valence electrons. The molecule has 4 rings (SSSR count). The summed E-state index contributed by atoms with van der Waals surface area (Å²) in [4.78, 5) is 24.9. The third-order valence-electron chi connectivity index (χ3n) is 5.55. The summed E-state index contributed by atoms with van der Waals surface area (Å²) in [6.07, 6.45) is 2.56. The normalized spacial score (nSPS) is 13.8. The van der Waals surface area contributed by atoms with E-state index < -0.39 is 16.0 Å². The molecule has 1 aromatic heterocycles. The molecular formula is C23H24N2O5S. The maximum Gasteiger partial charge on any atom is 0.326 e. The lowest BCUT2D eigenvalue weighted by Crippen LogP contribution is -2.34. The summed E-state index contributed by atoms with van der Waals surface area (Å²) in [7, 11) is -3.36. The first-order valence-corrected chi connectivity index (χ1v) is 11.9. The number of fused-ring (bicyclic) bond motifs is 2. The second kappa shape index (κ2) is 8.19. The Labute approximate surface area is 181 Å². The zero-order chi connectivity index (χ0) is 22.2. The van der Waals surface area contributed by atoms with Crippen molar-refractivity contribution in [1.29, 1.82) is 0 Å². The highest BCUT2D eigenvalue weighted by molar-refractivity contribution is 7.92. The van der Waals surface area contributed by atoms with Crippen LogP contribution in [0.1, 0.15) is 28.0 Å². The van der Waals surface area contributed by atoms with Crippen LogP contribution in [0, 0.1) is 6.92 Å². The number of Topliss-reactive ketones (excluding diaryl/α,β-unsaturated/α-hetero) is 1. The van der Waals surface area contributed by atoms with Gasteiger partial charge in [0.25, 0.3) is 0 Å². The zero-order valence-corrected chi connectivity index (χ0v) is 18.3. The van der Waals surface area contributed by atoms with Crippen molar-refractivity contribution in [3.05, 3.63) is 65.4 Å². The van der Waals surface area contributed by atoms with Gasteiger partial charge in [-0.3, -0.25) is 13.9 Å². The topological polar surface area (TPSA) is 85.7 Å². The van der Waals surface area contributed by atoms with Crippen molar-refractivity contribution in [1.82, 2.24) is 4.57 Å². The molecule has 0 N–H and O–H groups in total. The van der Waals surface area contributed by atoms with Gasteiger partial charge in [-0.05, 0) is 61.0 Å². The predicted octanol–water partition coefficient (Wildman–Crippen LogP) is 3.09. The van der Waals surface area contributed by atoms with Crippen LogP contribution in [0.25, 0.3) is 10.9 Å². The molecule has 0 fully saturated rings. The van der Waals surface area contributed by atoms with Crippen LogP contribution in [0.3, 0.4) is 0 Å².